The molecule has 0 radical (unpaired) electrons. The molecule has 2 atom stereocenters. The molecule has 0 saturated carbocycles. The number of halogens is 1. The van der Waals surface area contributed by atoms with Gasteiger partial charge in [-0.25, -0.2) is 9.07 Å². The first kappa shape index (κ1) is 19.6. The number of carboxylic acids is 1. The summed E-state index contributed by atoms with van der Waals surface area (Å²) in [4.78, 5) is 15.6. The van der Waals surface area contributed by atoms with Gasteiger partial charge in [-0.05, 0) is 37.5 Å². The maximum Gasteiger partial charge on any atom is 0.324 e. The Balaban J connectivity index is 1.56. The Kier molecular flexibility index (Phi) is 5.11. The van der Waals surface area contributed by atoms with E-state index in [0.29, 0.717) is 24.4 Å². The van der Waals surface area contributed by atoms with Crippen molar-refractivity contribution in [3.63, 3.8) is 0 Å². The van der Waals surface area contributed by atoms with Crippen molar-refractivity contribution in [2.75, 3.05) is 19.7 Å². The second-order valence-electron chi connectivity index (χ2n) is 7.86. The molecule has 2 aliphatic heterocycles. The Morgan fingerprint density at radius 2 is 2.19 bits per heavy atom. The molecule has 1 saturated heterocycles. The largest absolute Gasteiger partial charge is 0.480 e. The number of fused-ring (bicyclic) bond motifs is 1. The van der Waals surface area contributed by atoms with Gasteiger partial charge in [-0.15, -0.1) is 0 Å². The summed E-state index contributed by atoms with van der Waals surface area (Å²) in [7, 11) is 0. The molecule has 2 aromatic heterocycles. The number of benzene rings is 1. The van der Waals surface area contributed by atoms with Crippen molar-refractivity contribution in [1.29, 1.82) is 0 Å². The van der Waals surface area contributed by atoms with Crippen molar-refractivity contribution in [1.82, 2.24) is 19.8 Å². The fraction of sp³-hybridized carbons (Fsp3) is 0.364. The number of rotatable bonds is 5. The van der Waals surface area contributed by atoms with Gasteiger partial charge in [0.15, 0.2) is 6.23 Å². The molecule has 8 nitrogen and oxygen atoms in total. The van der Waals surface area contributed by atoms with E-state index in [4.69, 9.17) is 14.9 Å². The van der Waals surface area contributed by atoms with Crippen LogP contribution in [0.15, 0.2) is 41.6 Å². The van der Waals surface area contributed by atoms with Crippen molar-refractivity contribution < 1.29 is 19.0 Å². The van der Waals surface area contributed by atoms with Crippen LogP contribution in [0.25, 0.3) is 22.2 Å². The molecular formula is C22H22FN5O3. The molecule has 2 aliphatic rings. The predicted octanol–water partition coefficient (Wildman–Crippen LogP) is 3.41. The van der Waals surface area contributed by atoms with E-state index in [0.717, 1.165) is 35.9 Å². The number of carboxylic acid groups (broad SMARTS) is 1. The van der Waals surface area contributed by atoms with E-state index in [9.17, 15) is 9.18 Å². The number of ether oxygens (including phenoxy) is 1. The van der Waals surface area contributed by atoms with Crippen molar-refractivity contribution in [3.05, 3.63) is 48.0 Å². The van der Waals surface area contributed by atoms with Crippen LogP contribution >= 0.6 is 0 Å². The van der Waals surface area contributed by atoms with Crippen molar-refractivity contribution in [2.24, 2.45) is 5.10 Å². The number of pyridine rings is 1. The van der Waals surface area contributed by atoms with Gasteiger partial charge < -0.3 is 9.84 Å². The van der Waals surface area contributed by atoms with Gasteiger partial charge in [-0.3, -0.25) is 14.8 Å². The van der Waals surface area contributed by atoms with Crippen molar-refractivity contribution in [3.8, 4) is 11.3 Å². The van der Waals surface area contributed by atoms with E-state index in [1.165, 1.54) is 17.1 Å². The Labute approximate surface area is 177 Å². The number of hydrazone groups is 1. The van der Waals surface area contributed by atoms with Crippen LogP contribution in [0.3, 0.4) is 0 Å². The molecular weight excluding hydrogens is 401 g/mol. The molecule has 9 heteroatoms. The third-order valence-corrected chi connectivity index (χ3v) is 5.66. The lowest BCUT2D eigenvalue weighted by Crippen LogP contribution is -2.24. The van der Waals surface area contributed by atoms with Crippen LogP contribution in [0.1, 0.15) is 37.1 Å². The topological polar surface area (TPSA) is 92.8 Å². The first-order valence-electron chi connectivity index (χ1n) is 10.3. The van der Waals surface area contributed by atoms with Crippen LogP contribution in [-0.2, 0) is 9.53 Å². The minimum absolute atomic E-state index is 0.126. The second kappa shape index (κ2) is 8.07. The van der Waals surface area contributed by atoms with Gasteiger partial charge in [-0.1, -0.05) is 12.1 Å². The molecule has 5 rings (SSSR count). The van der Waals surface area contributed by atoms with Gasteiger partial charge in [-0.2, -0.15) is 10.2 Å². The Bertz CT molecular complexity index is 1160. The summed E-state index contributed by atoms with van der Waals surface area (Å²) in [5.74, 6) is -1.38. The summed E-state index contributed by atoms with van der Waals surface area (Å²) >= 11 is 0. The quantitative estimate of drug-likeness (QED) is 0.676. The standard InChI is InChI=1S/C22H22FN5O3/c23-16-5-3-4-14(8-16)22-17-9-18(15-10-25-27(12-15)13-21(29)30)24-11-19(17)28(26-22)20-6-1-2-7-31-20/h3-5,8-11,15,20H,1-2,6-7,12-13H2,(H,29,30). The first-order chi connectivity index (χ1) is 15.1. The number of aromatic nitrogens is 3. The SMILES string of the molecule is O=C(O)CN1CC(c2cc3c(-c4cccc(F)c4)nn(C4CCCCO4)c3cn2)C=N1. The van der Waals surface area contributed by atoms with E-state index >= 15 is 0 Å². The zero-order valence-electron chi connectivity index (χ0n) is 16.8. The number of aliphatic carboxylic acids is 1. The van der Waals surface area contributed by atoms with Crippen molar-refractivity contribution >= 4 is 23.1 Å². The summed E-state index contributed by atoms with van der Waals surface area (Å²) in [6, 6.07) is 8.33. The zero-order valence-corrected chi connectivity index (χ0v) is 16.8. The fourth-order valence-electron chi connectivity index (χ4n) is 4.17. The molecule has 31 heavy (non-hydrogen) atoms. The molecule has 0 amide bonds. The third kappa shape index (κ3) is 3.88. The van der Waals surface area contributed by atoms with E-state index < -0.39 is 5.97 Å². The lowest BCUT2D eigenvalue weighted by Gasteiger charge is -2.23. The highest BCUT2D eigenvalue weighted by atomic mass is 19.1. The molecule has 0 aliphatic carbocycles. The first-order valence-corrected chi connectivity index (χ1v) is 10.3. The van der Waals surface area contributed by atoms with Crippen LogP contribution in [0.2, 0.25) is 0 Å². The number of nitrogens with zero attached hydrogens (tertiary/aromatic N) is 5. The van der Waals surface area contributed by atoms with Crippen LogP contribution < -0.4 is 0 Å². The molecule has 160 valence electrons. The average molecular weight is 423 g/mol. The highest BCUT2D eigenvalue weighted by molar-refractivity contribution is 5.93. The summed E-state index contributed by atoms with van der Waals surface area (Å²) in [6.45, 7) is 0.978. The molecule has 4 heterocycles. The molecule has 0 bridgehead atoms. The van der Waals surface area contributed by atoms with Crippen LogP contribution in [0, 0.1) is 5.82 Å². The zero-order chi connectivity index (χ0) is 21.4. The average Bonchev–Trinajstić information content (AvgIpc) is 3.38. The van der Waals surface area contributed by atoms with Gasteiger partial charge in [0, 0.05) is 23.8 Å². The highest BCUT2D eigenvalue weighted by Crippen LogP contribution is 2.34. The smallest absolute Gasteiger partial charge is 0.324 e. The monoisotopic (exact) mass is 423 g/mol. The van der Waals surface area contributed by atoms with Gasteiger partial charge >= 0.3 is 5.97 Å². The fourth-order valence-corrected chi connectivity index (χ4v) is 4.17. The van der Waals surface area contributed by atoms with Crippen LogP contribution in [0.4, 0.5) is 4.39 Å². The molecule has 1 N–H and O–H groups in total. The molecule has 0 spiro atoms. The normalized spacial score (nSPS) is 21.1. The summed E-state index contributed by atoms with van der Waals surface area (Å²) in [5.41, 5.74) is 2.95. The Hall–Kier alpha value is -3.33. The lowest BCUT2D eigenvalue weighted by molar-refractivity contribution is -0.138. The Morgan fingerprint density at radius 1 is 1.29 bits per heavy atom. The van der Waals surface area contributed by atoms with Gasteiger partial charge in [0.25, 0.3) is 0 Å². The van der Waals surface area contributed by atoms with E-state index in [-0.39, 0.29) is 24.5 Å². The maximum absolute atomic E-state index is 13.9. The van der Waals surface area contributed by atoms with Gasteiger partial charge in [0.2, 0.25) is 0 Å². The Morgan fingerprint density at radius 3 is 2.97 bits per heavy atom. The third-order valence-electron chi connectivity index (χ3n) is 5.66. The molecule has 1 fully saturated rings. The van der Waals surface area contributed by atoms with E-state index in [2.05, 4.69) is 10.1 Å². The van der Waals surface area contributed by atoms with Gasteiger partial charge in [0.1, 0.15) is 18.1 Å². The highest BCUT2D eigenvalue weighted by Gasteiger charge is 2.26. The maximum atomic E-state index is 13.9. The van der Waals surface area contributed by atoms with Crippen LogP contribution in [-0.4, -0.2) is 56.8 Å². The second-order valence-corrected chi connectivity index (χ2v) is 7.86. The molecule has 3 aromatic rings. The van der Waals surface area contributed by atoms with Crippen LogP contribution in [0.5, 0.6) is 0 Å². The summed E-state index contributed by atoms with van der Waals surface area (Å²) < 4.78 is 21.7. The molecule has 2 unspecified atom stereocenters. The van der Waals surface area contributed by atoms with Crippen molar-refractivity contribution in [2.45, 2.75) is 31.4 Å². The lowest BCUT2D eigenvalue weighted by atomic mass is 10.0. The molecule has 1 aromatic carbocycles. The summed E-state index contributed by atoms with van der Waals surface area (Å²) in [5, 5.41) is 20.4. The van der Waals surface area contributed by atoms with E-state index in [1.54, 1.807) is 18.5 Å². The van der Waals surface area contributed by atoms with E-state index in [1.807, 2.05) is 16.8 Å². The van der Waals surface area contributed by atoms with Gasteiger partial charge in [0.05, 0.1) is 29.9 Å². The summed E-state index contributed by atoms with van der Waals surface area (Å²) in [6.07, 6.45) is 6.26. The number of carbonyl (C=O) groups is 1. The number of hydrogen-bond acceptors (Lipinski definition) is 6. The minimum atomic E-state index is -0.927. The minimum Gasteiger partial charge on any atom is -0.480 e. The predicted molar refractivity (Wildman–Crippen MR) is 112 cm³/mol. The number of hydrogen-bond donors (Lipinski definition) is 1.